The van der Waals surface area contributed by atoms with Crippen molar-refractivity contribution in [1.82, 2.24) is 5.32 Å². The largest absolute Gasteiger partial charge is 0.468 e. The number of rotatable bonds is 9. The fraction of sp³-hybridized carbons (Fsp3) is 0.474. The lowest BCUT2D eigenvalue weighted by Gasteiger charge is -2.13. The third-order valence-electron chi connectivity index (χ3n) is 3.71. The van der Waals surface area contributed by atoms with Crippen LogP contribution >= 0.6 is 0 Å². The minimum Gasteiger partial charge on any atom is -0.468 e. The monoisotopic (exact) mass is 317 g/mol. The van der Waals surface area contributed by atoms with E-state index in [2.05, 4.69) is 12.2 Å². The van der Waals surface area contributed by atoms with Crippen molar-refractivity contribution in [1.29, 1.82) is 0 Å². The van der Waals surface area contributed by atoms with Crippen molar-refractivity contribution in [3.05, 3.63) is 42.0 Å². The van der Waals surface area contributed by atoms with Crippen LogP contribution in [0.4, 0.5) is 0 Å². The van der Waals surface area contributed by atoms with Gasteiger partial charge in [0.1, 0.15) is 0 Å². The number of esters is 1. The second-order valence-corrected chi connectivity index (χ2v) is 5.57. The highest BCUT2D eigenvalue weighted by Crippen LogP contribution is 2.17. The smallest absolute Gasteiger partial charge is 0.322 e. The van der Waals surface area contributed by atoms with Gasteiger partial charge in [-0.2, -0.15) is 0 Å². The van der Waals surface area contributed by atoms with Crippen LogP contribution in [0.3, 0.4) is 0 Å². The number of methoxy groups -OCH3 is 1. The molecular weight excluding hydrogens is 290 g/mol. The van der Waals surface area contributed by atoms with E-state index in [1.807, 2.05) is 37.3 Å². The molecule has 0 aliphatic rings. The van der Waals surface area contributed by atoms with Crippen molar-refractivity contribution in [2.75, 3.05) is 13.7 Å². The molecule has 0 saturated carbocycles. The molecule has 1 aromatic carbocycles. The molecule has 4 heteroatoms. The highest BCUT2D eigenvalue weighted by molar-refractivity contribution is 6.01. The average molecular weight is 317 g/mol. The molecule has 126 valence electrons. The van der Waals surface area contributed by atoms with Crippen LogP contribution in [0.15, 0.2) is 36.4 Å². The van der Waals surface area contributed by atoms with E-state index >= 15 is 0 Å². The molecule has 0 aliphatic carbocycles. The first kappa shape index (κ1) is 18.9. The number of hydrogen-bond acceptors (Lipinski definition) is 3. The van der Waals surface area contributed by atoms with E-state index in [-0.39, 0.29) is 5.91 Å². The van der Waals surface area contributed by atoms with Crippen LogP contribution in [0.25, 0.3) is 5.57 Å². The zero-order valence-electron chi connectivity index (χ0n) is 14.3. The van der Waals surface area contributed by atoms with Crippen LogP contribution in [-0.2, 0) is 14.3 Å². The topological polar surface area (TPSA) is 55.4 Å². The lowest BCUT2D eigenvalue weighted by molar-refractivity contribution is -0.147. The van der Waals surface area contributed by atoms with Crippen molar-refractivity contribution in [3.8, 4) is 0 Å². The molecule has 0 spiro atoms. The Hall–Kier alpha value is -2.10. The van der Waals surface area contributed by atoms with Crippen LogP contribution < -0.4 is 5.32 Å². The van der Waals surface area contributed by atoms with E-state index < -0.39 is 11.9 Å². The number of carbonyl (C=O) groups is 2. The predicted octanol–water partition coefficient (Wildman–Crippen LogP) is 3.58. The molecule has 0 radical (unpaired) electrons. The summed E-state index contributed by atoms with van der Waals surface area (Å²) in [5.74, 6) is -1.75. The summed E-state index contributed by atoms with van der Waals surface area (Å²) in [6.07, 6.45) is 5.98. The molecule has 1 amide bonds. The summed E-state index contributed by atoms with van der Waals surface area (Å²) in [7, 11) is 1.30. The Morgan fingerprint density at radius 2 is 1.87 bits per heavy atom. The Bertz CT molecular complexity index is 523. The Balaban J connectivity index is 2.72. The Labute approximate surface area is 138 Å². The average Bonchev–Trinajstić information content (AvgIpc) is 2.59. The molecule has 4 nitrogen and oxygen atoms in total. The summed E-state index contributed by atoms with van der Waals surface area (Å²) >= 11 is 0. The first-order chi connectivity index (χ1) is 11.1. The highest BCUT2D eigenvalue weighted by Gasteiger charge is 2.25. The van der Waals surface area contributed by atoms with Gasteiger partial charge in [-0.1, -0.05) is 62.6 Å². The quantitative estimate of drug-likeness (QED) is 0.430. The van der Waals surface area contributed by atoms with Crippen LogP contribution in [0, 0.1) is 5.92 Å². The van der Waals surface area contributed by atoms with Gasteiger partial charge in [0.15, 0.2) is 5.92 Å². The first-order valence-corrected chi connectivity index (χ1v) is 8.19. The van der Waals surface area contributed by atoms with Crippen LogP contribution in [-0.4, -0.2) is 25.5 Å². The summed E-state index contributed by atoms with van der Waals surface area (Å²) in [5, 5.41) is 2.83. The standard InChI is InChI=1S/C19H27NO3/c1-4-5-6-10-13-20-18(21)17(19(22)23-3)14-15(2)16-11-8-7-9-12-16/h7-9,11-12,14,17H,4-6,10,13H2,1-3H3,(H,20,21)/b15-14+. The van der Waals surface area contributed by atoms with Gasteiger partial charge < -0.3 is 10.1 Å². The Kier molecular flexibility index (Phi) is 8.73. The van der Waals surface area contributed by atoms with Crippen molar-refractivity contribution in [2.24, 2.45) is 5.92 Å². The second-order valence-electron chi connectivity index (χ2n) is 5.57. The Morgan fingerprint density at radius 3 is 2.48 bits per heavy atom. The van der Waals surface area contributed by atoms with Gasteiger partial charge in [0.25, 0.3) is 0 Å². The summed E-state index contributed by atoms with van der Waals surface area (Å²) < 4.78 is 4.77. The number of ether oxygens (including phenoxy) is 1. The van der Waals surface area contributed by atoms with Crippen LogP contribution in [0.5, 0.6) is 0 Å². The number of amides is 1. The number of allylic oxidation sites excluding steroid dienone is 1. The minimum atomic E-state index is -0.911. The molecule has 1 aromatic rings. The van der Waals surface area contributed by atoms with Gasteiger partial charge in [-0.05, 0) is 24.5 Å². The van der Waals surface area contributed by atoms with Crippen molar-refractivity contribution in [2.45, 2.75) is 39.5 Å². The molecule has 1 atom stereocenters. The number of benzene rings is 1. The van der Waals surface area contributed by atoms with E-state index in [1.54, 1.807) is 6.08 Å². The summed E-state index contributed by atoms with van der Waals surface area (Å²) in [6, 6.07) is 9.67. The molecule has 0 bridgehead atoms. The van der Waals surface area contributed by atoms with Crippen molar-refractivity contribution < 1.29 is 14.3 Å². The van der Waals surface area contributed by atoms with Gasteiger partial charge in [0.05, 0.1) is 7.11 Å². The molecule has 0 aliphatic heterocycles. The molecule has 23 heavy (non-hydrogen) atoms. The summed E-state index contributed by atoms with van der Waals surface area (Å²) in [4.78, 5) is 24.2. The van der Waals surface area contributed by atoms with Crippen molar-refractivity contribution in [3.63, 3.8) is 0 Å². The number of carbonyl (C=O) groups excluding carboxylic acids is 2. The highest BCUT2D eigenvalue weighted by atomic mass is 16.5. The third kappa shape index (κ3) is 6.68. The molecule has 0 saturated heterocycles. The SMILES string of the molecule is CCCCCCNC(=O)C(/C=C(\C)c1ccccc1)C(=O)OC. The van der Waals surface area contributed by atoms with E-state index in [0.29, 0.717) is 6.54 Å². The van der Waals surface area contributed by atoms with Gasteiger partial charge in [-0.3, -0.25) is 9.59 Å². The van der Waals surface area contributed by atoms with Gasteiger partial charge in [0.2, 0.25) is 5.91 Å². The fourth-order valence-corrected chi connectivity index (χ4v) is 2.30. The normalized spacial score (nSPS) is 12.6. The number of nitrogens with one attached hydrogen (secondary N) is 1. The maximum Gasteiger partial charge on any atom is 0.322 e. The predicted molar refractivity (Wildman–Crippen MR) is 92.8 cm³/mol. The molecule has 0 fully saturated rings. The lowest BCUT2D eigenvalue weighted by atomic mass is 10.0. The van der Waals surface area contributed by atoms with Gasteiger partial charge in [-0.15, -0.1) is 0 Å². The van der Waals surface area contributed by atoms with Crippen molar-refractivity contribution >= 4 is 17.4 Å². The van der Waals surface area contributed by atoms with Gasteiger partial charge >= 0.3 is 5.97 Å². The zero-order valence-corrected chi connectivity index (χ0v) is 14.3. The van der Waals surface area contributed by atoms with Gasteiger partial charge in [0, 0.05) is 6.54 Å². The maximum absolute atomic E-state index is 12.3. The molecule has 1 unspecified atom stereocenters. The number of hydrogen-bond donors (Lipinski definition) is 1. The zero-order chi connectivity index (χ0) is 17.1. The van der Waals surface area contributed by atoms with E-state index in [4.69, 9.17) is 4.74 Å². The molecular formula is C19H27NO3. The van der Waals surface area contributed by atoms with Gasteiger partial charge in [-0.25, -0.2) is 0 Å². The second kappa shape index (κ2) is 10.6. The first-order valence-electron chi connectivity index (χ1n) is 8.19. The van der Waals surface area contributed by atoms with E-state index in [9.17, 15) is 9.59 Å². The molecule has 1 N–H and O–H groups in total. The van der Waals surface area contributed by atoms with E-state index in [0.717, 1.165) is 36.8 Å². The third-order valence-corrected chi connectivity index (χ3v) is 3.71. The Morgan fingerprint density at radius 1 is 1.17 bits per heavy atom. The maximum atomic E-state index is 12.3. The molecule has 1 rings (SSSR count). The lowest BCUT2D eigenvalue weighted by Crippen LogP contribution is -2.35. The van der Waals surface area contributed by atoms with Crippen LogP contribution in [0.1, 0.15) is 45.1 Å². The fourth-order valence-electron chi connectivity index (χ4n) is 2.30. The molecule has 0 heterocycles. The minimum absolute atomic E-state index is 0.302. The summed E-state index contributed by atoms with van der Waals surface area (Å²) in [5.41, 5.74) is 1.86. The summed E-state index contributed by atoms with van der Waals surface area (Å²) in [6.45, 7) is 4.62. The number of unbranched alkanes of at least 4 members (excludes halogenated alkanes) is 3. The molecule has 0 aromatic heterocycles. The van der Waals surface area contributed by atoms with E-state index in [1.165, 1.54) is 7.11 Å². The van der Waals surface area contributed by atoms with Crippen LogP contribution in [0.2, 0.25) is 0 Å².